The highest BCUT2D eigenvalue weighted by Gasteiger charge is 2.12. The van der Waals surface area contributed by atoms with Gasteiger partial charge in [0.05, 0.1) is 14.2 Å². The fourth-order valence-corrected chi connectivity index (χ4v) is 2.10. The van der Waals surface area contributed by atoms with E-state index in [1.807, 2.05) is 18.2 Å². The number of rotatable bonds is 5. The Morgan fingerprint density at radius 3 is 2.55 bits per heavy atom. The molecule has 0 aliphatic carbocycles. The summed E-state index contributed by atoms with van der Waals surface area (Å²) in [4.78, 5) is 4.06. The molecule has 2 rings (SSSR count). The number of anilines is 1. The van der Waals surface area contributed by atoms with Crippen molar-refractivity contribution in [3.05, 3.63) is 47.8 Å². The van der Waals surface area contributed by atoms with E-state index in [1.165, 1.54) is 0 Å². The summed E-state index contributed by atoms with van der Waals surface area (Å²) in [6.07, 6.45) is 4.01. The van der Waals surface area contributed by atoms with Crippen LogP contribution < -0.4 is 20.9 Å². The molecule has 0 bridgehead atoms. The van der Waals surface area contributed by atoms with Gasteiger partial charge in [-0.05, 0) is 30.2 Å². The van der Waals surface area contributed by atoms with Crippen LogP contribution in [0.1, 0.15) is 17.2 Å². The highest BCUT2D eigenvalue weighted by Crippen LogP contribution is 2.29. The van der Waals surface area contributed by atoms with Crippen LogP contribution in [-0.2, 0) is 6.42 Å². The second-order valence-corrected chi connectivity index (χ2v) is 4.50. The first-order valence-corrected chi connectivity index (χ1v) is 6.31. The number of nitrogens with zero attached hydrogens (tertiary/aromatic N) is 1. The first-order chi connectivity index (χ1) is 9.65. The van der Waals surface area contributed by atoms with Gasteiger partial charge in [0.1, 0.15) is 0 Å². The first-order valence-electron chi connectivity index (χ1n) is 6.31. The van der Waals surface area contributed by atoms with Gasteiger partial charge >= 0.3 is 0 Å². The fraction of sp³-hybridized carbons (Fsp3) is 0.267. The standard InChI is InChI=1S/C15H19N3O2/c1-19-14-4-3-10(8-15(14)20-2)7-13(17)11-9-18-6-5-12(11)16/h3-6,8-9,13H,7,17H2,1-2H3,(H2,16,18). The molecule has 106 valence electrons. The predicted molar refractivity (Wildman–Crippen MR) is 78.8 cm³/mol. The molecule has 20 heavy (non-hydrogen) atoms. The van der Waals surface area contributed by atoms with E-state index < -0.39 is 0 Å². The van der Waals surface area contributed by atoms with E-state index in [0.717, 1.165) is 11.1 Å². The molecule has 1 atom stereocenters. The van der Waals surface area contributed by atoms with Gasteiger partial charge in [-0.1, -0.05) is 6.07 Å². The minimum absolute atomic E-state index is 0.207. The summed E-state index contributed by atoms with van der Waals surface area (Å²) in [5, 5.41) is 0. The van der Waals surface area contributed by atoms with Crippen LogP contribution in [0.15, 0.2) is 36.7 Å². The number of nitrogen functional groups attached to an aromatic ring is 1. The molecule has 4 N–H and O–H groups in total. The van der Waals surface area contributed by atoms with Crippen LogP contribution in [0, 0.1) is 0 Å². The molecule has 0 saturated heterocycles. The molecule has 5 heteroatoms. The number of pyridine rings is 1. The Morgan fingerprint density at radius 2 is 1.90 bits per heavy atom. The second kappa shape index (κ2) is 6.25. The van der Waals surface area contributed by atoms with Crippen LogP contribution >= 0.6 is 0 Å². The number of benzene rings is 1. The number of hydrogen-bond acceptors (Lipinski definition) is 5. The number of aromatic nitrogens is 1. The first kappa shape index (κ1) is 14.1. The minimum atomic E-state index is -0.207. The molecule has 1 aromatic heterocycles. The third-order valence-corrected chi connectivity index (χ3v) is 3.19. The zero-order chi connectivity index (χ0) is 14.5. The van der Waals surface area contributed by atoms with Gasteiger partial charge in [0, 0.05) is 29.7 Å². The van der Waals surface area contributed by atoms with E-state index >= 15 is 0 Å². The van der Waals surface area contributed by atoms with Crippen molar-refractivity contribution in [1.82, 2.24) is 4.98 Å². The maximum atomic E-state index is 6.20. The highest BCUT2D eigenvalue weighted by molar-refractivity contribution is 5.47. The third-order valence-electron chi connectivity index (χ3n) is 3.19. The summed E-state index contributed by atoms with van der Waals surface area (Å²) >= 11 is 0. The normalized spacial score (nSPS) is 11.9. The molecule has 0 radical (unpaired) electrons. The Bertz CT molecular complexity index is 587. The third kappa shape index (κ3) is 3.00. The predicted octanol–water partition coefficient (Wildman–Crippen LogP) is 1.92. The minimum Gasteiger partial charge on any atom is -0.493 e. The lowest BCUT2D eigenvalue weighted by Gasteiger charge is -2.15. The summed E-state index contributed by atoms with van der Waals surface area (Å²) in [7, 11) is 3.22. The molecule has 0 aliphatic heterocycles. The maximum absolute atomic E-state index is 6.20. The van der Waals surface area contributed by atoms with E-state index in [4.69, 9.17) is 20.9 Å². The van der Waals surface area contributed by atoms with Gasteiger partial charge in [-0.3, -0.25) is 4.98 Å². The average Bonchev–Trinajstić information content (AvgIpc) is 2.47. The fourth-order valence-electron chi connectivity index (χ4n) is 2.10. The van der Waals surface area contributed by atoms with Crippen LogP contribution in [-0.4, -0.2) is 19.2 Å². The monoisotopic (exact) mass is 273 g/mol. The molecule has 1 aromatic carbocycles. The largest absolute Gasteiger partial charge is 0.493 e. The number of methoxy groups -OCH3 is 2. The smallest absolute Gasteiger partial charge is 0.160 e. The quantitative estimate of drug-likeness (QED) is 0.869. The summed E-state index contributed by atoms with van der Waals surface area (Å²) in [6.45, 7) is 0. The maximum Gasteiger partial charge on any atom is 0.160 e. The van der Waals surface area contributed by atoms with E-state index in [1.54, 1.807) is 32.7 Å². The Labute approximate surface area is 118 Å². The van der Waals surface area contributed by atoms with Crippen molar-refractivity contribution in [2.45, 2.75) is 12.5 Å². The topological polar surface area (TPSA) is 83.4 Å². The van der Waals surface area contributed by atoms with Crippen LogP contribution in [0.4, 0.5) is 5.69 Å². The van der Waals surface area contributed by atoms with Crippen molar-refractivity contribution in [3.63, 3.8) is 0 Å². The van der Waals surface area contributed by atoms with E-state index in [-0.39, 0.29) is 6.04 Å². The Hall–Kier alpha value is -2.27. The Balaban J connectivity index is 2.20. The lowest BCUT2D eigenvalue weighted by atomic mass is 9.99. The van der Waals surface area contributed by atoms with Crippen LogP contribution in [0.3, 0.4) is 0 Å². The van der Waals surface area contributed by atoms with E-state index in [9.17, 15) is 0 Å². The molecule has 0 amide bonds. The van der Waals surface area contributed by atoms with Gasteiger partial charge in [0.2, 0.25) is 0 Å². The molecular weight excluding hydrogens is 254 g/mol. The van der Waals surface area contributed by atoms with Gasteiger partial charge in [-0.15, -0.1) is 0 Å². The van der Waals surface area contributed by atoms with Crippen molar-refractivity contribution >= 4 is 5.69 Å². The van der Waals surface area contributed by atoms with E-state index in [2.05, 4.69) is 4.98 Å². The lowest BCUT2D eigenvalue weighted by molar-refractivity contribution is 0.354. The van der Waals surface area contributed by atoms with Crippen molar-refractivity contribution in [2.24, 2.45) is 5.73 Å². The molecule has 0 spiro atoms. The van der Waals surface area contributed by atoms with Crippen molar-refractivity contribution in [3.8, 4) is 11.5 Å². The molecule has 0 aliphatic rings. The molecule has 0 fully saturated rings. The van der Waals surface area contributed by atoms with Gasteiger partial charge < -0.3 is 20.9 Å². The zero-order valence-electron chi connectivity index (χ0n) is 11.7. The SMILES string of the molecule is COc1ccc(CC(N)c2cnccc2N)cc1OC. The van der Waals surface area contributed by atoms with Crippen LogP contribution in [0.25, 0.3) is 0 Å². The molecule has 2 aromatic rings. The second-order valence-electron chi connectivity index (χ2n) is 4.50. The molecular formula is C15H19N3O2. The van der Waals surface area contributed by atoms with Gasteiger partial charge in [-0.2, -0.15) is 0 Å². The number of hydrogen-bond donors (Lipinski definition) is 2. The molecule has 0 saturated carbocycles. The van der Waals surface area contributed by atoms with E-state index in [0.29, 0.717) is 23.6 Å². The summed E-state index contributed by atoms with van der Waals surface area (Å²) in [5.41, 5.74) is 14.7. The highest BCUT2D eigenvalue weighted by atomic mass is 16.5. The summed E-state index contributed by atoms with van der Waals surface area (Å²) < 4.78 is 10.5. The van der Waals surface area contributed by atoms with Crippen LogP contribution in [0.2, 0.25) is 0 Å². The van der Waals surface area contributed by atoms with Crippen molar-refractivity contribution in [2.75, 3.05) is 20.0 Å². The summed E-state index contributed by atoms with van der Waals surface area (Å²) in [6, 6.07) is 7.30. The number of ether oxygens (including phenoxy) is 2. The van der Waals surface area contributed by atoms with Gasteiger partial charge in [-0.25, -0.2) is 0 Å². The Kier molecular flexibility index (Phi) is 4.42. The number of nitrogens with two attached hydrogens (primary N) is 2. The average molecular weight is 273 g/mol. The molecule has 1 heterocycles. The lowest BCUT2D eigenvalue weighted by Crippen LogP contribution is -2.15. The van der Waals surface area contributed by atoms with Crippen molar-refractivity contribution in [1.29, 1.82) is 0 Å². The van der Waals surface area contributed by atoms with Crippen molar-refractivity contribution < 1.29 is 9.47 Å². The zero-order valence-corrected chi connectivity index (χ0v) is 11.7. The molecule has 5 nitrogen and oxygen atoms in total. The Morgan fingerprint density at radius 1 is 1.15 bits per heavy atom. The van der Waals surface area contributed by atoms with Gasteiger partial charge in [0.15, 0.2) is 11.5 Å². The summed E-state index contributed by atoms with van der Waals surface area (Å²) in [5.74, 6) is 1.39. The van der Waals surface area contributed by atoms with Crippen LogP contribution in [0.5, 0.6) is 11.5 Å². The molecule has 1 unspecified atom stereocenters. The van der Waals surface area contributed by atoms with Gasteiger partial charge in [0.25, 0.3) is 0 Å².